The van der Waals surface area contributed by atoms with Crippen LogP contribution < -0.4 is 5.73 Å². The average molecular weight is 399 g/mol. The lowest BCUT2D eigenvalue weighted by molar-refractivity contribution is -0.137. The van der Waals surface area contributed by atoms with Gasteiger partial charge in [-0.25, -0.2) is 13.2 Å². The van der Waals surface area contributed by atoms with Gasteiger partial charge in [0.25, 0.3) is 10.0 Å². The predicted molar refractivity (Wildman–Crippen MR) is 91.1 cm³/mol. The maximum Gasteiger partial charge on any atom is 0.371 e. The first kappa shape index (κ1) is 19.4. The Morgan fingerprint density at radius 1 is 1.11 bits per heavy atom. The Hall–Kier alpha value is -2.40. The fourth-order valence-electron chi connectivity index (χ4n) is 3.56. The number of carboxylic acids is 1. The molecule has 1 aromatic heterocycles. The van der Waals surface area contributed by atoms with Crippen LogP contribution in [0.5, 0.6) is 0 Å². The lowest BCUT2D eigenvalue weighted by atomic mass is 9.96. The second kappa shape index (κ2) is 7.31. The first-order valence-corrected chi connectivity index (χ1v) is 10.1. The van der Waals surface area contributed by atoms with Crippen molar-refractivity contribution >= 4 is 27.8 Å². The first-order chi connectivity index (χ1) is 12.7. The van der Waals surface area contributed by atoms with Crippen LogP contribution in [0.3, 0.4) is 0 Å². The second-order valence-electron chi connectivity index (χ2n) is 6.70. The Kier molecular flexibility index (Phi) is 5.24. The van der Waals surface area contributed by atoms with Gasteiger partial charge in [0, 0.05) is 25.6 Å². The molecule has 1 unspecified atom stereocenters. The number of nitrogens with two attached hydrogens (primary N) is 1. The van der Waals surface area contributed by atoms with Crippen molar-refractivity contribution < 1.29 is 32.3 Å². The van der Waals surface area contributed by atoms with E-state index in [1.807, 2.05) is 0 Å². The fourth-order valence-corrected chi connectivity index (χ4v) is 5.13. The average Bonchev–Trinajstić information content (AvgIpc) is 3.31. The maximum absolute atomic E-state index is 12.9. The molecule has 0 bridgehead atoms. The summed E-state index contributed by atoms with van der Waals surface area (Å²) < 4.78 is 31.6. The Balaban J connectivity index is 1.75. The zero-order valence-corrected chi connectivity index (χ0v) is 15.4. The van der Waals surface area contributed by atoms with Gasteiger partial charge in [-0.1, -0.05) is 0 Å². The molecule has 0 saturated carbocycles. The van der Waals surface area contributed by atoms with Crippen molar-refractivity contribution in [3.05, 3.63) is 17.9 Å². The number of amides is 2. The van der Waals surface area contributed by atoms with Crippen LogP contribution in [0.2, 0.25) is 0 Å². The van der Waals surface area contributed by atoms with Crippen LogP contribution in [-0.4, -0.2) is 66.2 Å². The van der Waals surface area contributed by atoms with Gasteiger partial charge in [0.05, 0.1) is 0 Å². The number of hydrogen-bond acceptors (Lipinski definition) is 6. The molecule has 0 radical (unpaired) electrons. The summed E-state index contributed by atoms with van der Waals surface area (Å²) in [6.07, 6.45) is 1.81. The first-order valence-electron chi connectivity index (χ1n) is 8.65. The normalized spacial score (nSPS) is 22.1. The molecule has 0 spiro atoms. The molecule has 1 aromatic rings. The van der Waals surface area contributed by atoms with Gasteiger partial charge < -0.3 is 20.2 Å². The molecule has 3 heterocycles. The van der Waals surface area contributed by atoms with E-state index >= 15 is 0 Å². The van der Waals surface area contributed by atoms with Crippen LogP contribution in [0.1, 0.15) is 36.2 Å². The molecule has 3 N–H and O–H groups in total. The number of carbonyl (C=O) groups is 3. The molecule has 27 heavy (non-hydrogen) atoms. The number of carbonyl (C=O) groups excluding carboxylic acids is 2. The number of rotatable bonds is 5. The third-order valence-electron chi connectivity index (χ3n) is 5.05. The van der Waals surface area contributed by atoms with Crippen molar-refractivity contribution in [2.75, 3.05) is 19.6 Å². The van der Waals surface area contributed by atoms with E-state index in [0.717, 1.165) is 16.4 Å². The van der Waals surface area contributed by atoms with Gasteiger partial charge in [-0.2, -0.15) is 4.31 Å². The van der Waals surface area contributed by atoms with Gasteiger partial charge >= 0.3 is 5.97 Å². The van der Waals surface area contributed by atoms with Crippen molar-refractivity contribution in [1.82, 2.24) is 9.21 Å². The van der Waals surface area contributed by atoms with Crippen LogP contribution in [0.25, 0.3) is 0 Å². The third kappa shape index (κ3) is 3.69. The standard InChI is InChI=1S/C16H21N3O7S/c17-14(20)10-5-8-18(9-6-10)15(21)11-2-1-7-19(11)27(24,25)13-4-3-12(26-13)16(22)23/h3-4,10-11H,1-2,5-9H2,(H2,17,20)(H,22,23). The van der Waals surface area contributed by atoms with Crippen LogP contribution >= 0.6 is 0 Å². The van der Waals surface area contributed by atoms with Gasteiger partial charge in [0.1, 0.15) is 6.04 Å². The number of primary amides is 1. The molecule has 2 fully saturated rings. The van der Waals surface area contributed by atoms with E-state index in [1.165, 1.54) is 0 Å². The maximum atomic E-state index is 12.9. The lowest BCUT2D eigenvalue weighted by Gasteiger charge is -2.34. The highest BCUT2D eigenvalue weighted by atomic mass is 32.2. The summed E-state index contributed by atoms with van der Waals surface area (Å²) in [6.45, 7) is 0.848. The summed E-state index contributed by atoms with van der Waals surface area (Å²) in [5, 5.41) is 8.41. The molecule has 148 valence electrons. The molecule has 0 aliphatic carbocycles. The van der Waals surface area contributed by atoms with Gasteiger partial charge in [0.15, 0.2) is 0 Å². The summed E-state index contributed by atoms with van der Waals surface area (Å²) in [6, 6.07) is 1.28. The van der Waals surface area contributed by atoms with E-state index in [-0.39, 0.29) is 24.3 Å². The van der Waals surface area contributed by atoms with Crippen molar-refractivity contribution in [2.24, 2.45) is 11.7 Å². The molecule has 11 heteroatoms. The monoisotopic (exact) mass is 399 g/mol. The van der Waals surface area contributed by atoms with Crippen LogP contribution in [0, 0.1) is 5.92 Å². The summed E-state index contributed by atoms with van der Waals surface area (Å²) in [7, 11) is -4.13. The highest BCUT2D eigenvalue weighted by Crippen LogP contribution is 2.29. The van der Waals surface area contributed by atoms with Gasteiger partial charge in [-0.3, -0.25) is 9.59 Å². The third-order valence-corrected chi connectivity index (χ3v) is 6.84. The number of furan rings is 1. The Bertz CT molecular complexity index is 855. The molecular formula is C16H21N3O7S. The molecular weight excluding hydrogens is 378 g/mol. The van der Waals surface area contributed by atoms with Crippen molar-refractivity contribution in [2.45, 2.75) is 36.8 Å². The smallest absolute Gasteiger partial charge is 0.371 e. The molecule has 0 aromatic carbocycles. The molecule has 3 rings (SSSR count). The largest absolute Gasteiger partial charge is 0.475 e. The summed E-state index contributed by atoms with van der Waals surface area (Å²) >= 11 is 0. The van der Waals surface area contributed by atoms with Gasteiger partial charge in [-0.15, -0.1) is 0 Å². The molecule has 2 aliphatic heterocycles. The molecule has 1 atom stereocenters. The van der Waals surface area contributed by atoms with E-state index < -0.39 is 32.9 Å². The minimum atomic E-state index is -4.13. The van der Waals surface area contributed by atoms with Crippen LogP contribution in [0.4, 0.5) is 0 Å². The van der Waals surface area contributed by atoms with E-state index in [4.69, 9.17) is 15.3 Å². The number of carboxylic acid groups (broad SMARTS) is 1. The van der Waals surface area contributed by atoms with Crippen LogP contribution in [-0.2, 0) is 19.6 Å². The summed E-state index contributed by atoms with van der Waals surface area (Å²) in [5.41, 5.74) is 5.30. The van der Waals surface area contributed by atoms with E-state index in [0.29, 0.717) is 38.8 Å². The zero-order valence-electron chi connectivity index (χ0n) is 14.5. The number of nitrogens with zero attached hydrogens (tertiary/aromatic N) is 2. The van der Waals surface area contributed by atoms with E-state index in [1.54, 1.807) is 4.90 Å². The molecule has 2 amide bonds. The number of sulfonamides is 1. The highest BCUT2D eigenvalue weighted by Gasteiger charge is 2.43. The Labute approximate surface area is 155 Å². The van der Waals surface area contributed by atoms with E-state index in [9.17, 15) is 22.8 Å². The quantitative estimate of drug-likeness (QED) is 0.699. The zero-order chi connectivity index (χ0) is 19.8. The number of piperidine rings is 1. The van der Waals surface area contributed by atoms with Crippen LogP contribution in [0.15, 0.2) is 21.6 Å². The Morgan fingerprint density at radius 2 is 1.78 bits per heavy atom. The second-order valence-corrected chi connectivity index (χ2v) is 8.52. The van der Waals surface area contributed by atoms with E-state index in [2.05, 4.69) is 0 Å². The Morgan fingerprint density at radius 3 is 2.33 bits per heavy atom. The number of hydrogen-bond donors (Lipinski definition) is 2. The fraction of sp³-hybridized carbons (Fsp3) is 0.562. The molecule has 2 saturated heterocycles. The van der Waals surface area contributed by atoms with Crippen molar-refractivity contribution in [1.29, 1.82) is 0 Å². The minimum Gasteiger partial charge on any atom is -0.475 e. The number of likely N-dealkylation sites (tertiary alicyclic amines) is 1. The topological polar surface area (TPSA) is 151 Å². The highest BCUT2D eigenvalue weighted by molar-refractivity contribution is 7.89. The van der Waals surface area contributed by atoms with Gasteiger partial charge in [0.2, 0.25) is 22.7 Å². The van der Waals surface area contributed by atoms with Crippen molar-refractivity contribution in [3.63, 3.8) is 0 Å². The predicted octanol–water partition coefficient (Wildman–Crippen LogP) is -0.145. The number of aromatic carboxylic acids is 1. The van der Waals surface area contributed by atoms with Crippen molar-refractivity contribution in [3.8, 4) is 0 Å². The lowest BCUT2D eigenvalue weighted by Crippen LogP contribution is -2.50. The minimum absolute atomic E-state index is 0.152. The van der Waals surface area contributed by atoms with Gasteiger partial charge in [-0.05, 0) is 37.8 Å². The molecule has 10 nitrogen and oxygen atoms in total. The summed E-state index contributed by atoms with van der Waals surface area (Å²) in [4.78, 5) is 36.6. The molecule has 2 aliphatic rings. The summed E-state index contributed by atoms with van der Waals surface area (Å²) in [5.74, 6) is -2.83. The SMILES string of the molecule is NC(=O)C1CCN(C(=O)C2CCCN2S(=O)(=O)c2ccc(C(=O)O)o2)CC1.